The molecule has 0 heterocycles. The summed E-state index contributed by atoms with van der Waals surface area (Å²) in [6.07, 6.45) is 11.0. The zero-order valence-corrected chi connectivity index (χ0v) is 23.8. The number of unbranched alkanes of at least 4 members (excludes halogenated alkanes) is 4. The minimum atomic E-state index is -0.575. The minimum Gasteiger partial charge on any atom is -0.372 e. The third-order valence-corrected chi connectivity index (χ3v) is 6.54. The molecule has 0 bridgehead atoms. The predicted octanol–water partition coefficient (Wildman–Crippen LogP) is 8.74. The number of rotatable bonds is 15. The van der Waals surface area contributed by atoms with Crippen LogP contribution in [0, 0.1) is 21.4 Å². The molecule has 2 rings (SSSR count). The van der Waals surface area contributed by atoms with Gasteiger partial charge in [0, 0.05) is 37.3 Å². The maximum atomic E-state index is 12.8. The maximum Gasteiger partial charge on any atom is 0.272 e. The molecular weight excluding hydrogens is 548 g/mol. The number of amides is 1. The molecule has 2 aromatic rings. The van der Waals surface area contributed by atoms with E-state index >= 15 is 0 Å². The molecule has 38 heavy (non-hydrogen) atoms. The fraction of sp³-hybridized carbons (Fsp3) is 0.429. The quantitative estimate of drug-likeness (QED) is 0.0738. The van der Waals surface area contributed by atoms with Crippen LogP contribution in [-0.4, -0.2) is 23.9 Å². The summed E-state index contributed by atoms with van der Waals surface area (Å²) in [6, 6.07) is 9.89. The van der Waals surface area contributed by atoms with Crippen molar-refractivity contribution in [3.63, 3.8) is 0 Å². The van der Waals surface area contributed by atoms with E-state index in [9.17, 15) is 20.2 Å². The van der Waals surface area contributed by atoms with Crippen LogP contribution in [0.25, 0.3) is 0 Å². The van der Waals surface area contributed by atoms with Crippen molar-refractivity contribution in [1.29, 1.82) is 5.26 Å². The Hall–Kier alpha value is -3.58. The first-order chi connectivity index (χ1) is 18.3. The number of halogens is 1. The Kier molecular flexibility index (Phi) is 13.1. The van der Waals surface area contributed by atoms with E-state index in [0.29, 0.717) is 17.8 Å². The maximum absolute atomic E-state index is 12.8. The summed E-state index contributed by atoms with van der Waals surface area (Å²) in [4.78, 5) is 25.5. The monoisotopic (exact) mass is 582 g/mol. The lowest BCUT2D eigenvalue weighted by Crippen LogP contribution is -2.22. The largest absolute Gasteiger partial charge is 0.372 e. The summed E-state index contributed by atoms with van der Waals surface area (Å²) < 4.78 is 0.278. The third kappa shape index (κ3) is 9.38. The normalized spacial score (nSPS) is 11.1. The van der Waals surface area contributed by atoms with E-state index in [1.165, 1.54) is 25.3 Å². The van der Waals surface area contributed by atoms with E-state index in [-0.39, 0.29) is 27.3 Å². The Morgan fingerprint density at radius 1 is 1.11 bits per heavy atom. The standard InChI is InChI=1S/C28H35BrN6O3/c1-4-7-8-9-10-11-12-13-14-27(36)31-26-19-22(34(5-2)6-3)15-16-25(26)32-33-28-21(20-30)17-23(35(37)38)18-24(28)29/h10-11,15-19H,4-9,12-14H2,1-3H3,(H,31,36)/b11-10+,33-32?. The highest BCUT2D eigenvalue weighted by atomic mass is 79.9. The second-order valence-corrected chi connectivity index (χ2v) is 9.53. The van der Waals surface area contributed by atoms with Crippen molar-refractivity contribution in [1.82, 2.24) is 0 Å². The molecule has 10 heteroatoms. The lowest BCUT2D eigenvalue weighted by molar-refractivity contribution is -0.384. The van der Waals surface area contributed by atoms with Crippen LogP contribution in [-0.2, 0) is 4.79 Å². The van der Waals surface area contributed by atoms with Gasteiger partial charge in [-0.2, -0.15) is 5.26 Å². The summed E-state index contributed by atoms with van der Waals surface area (Å²) in [6.45, 7) is 7.90. The van der Waals surface area contributed by atoms with Crippen LogP contribution < -0.4 is 10.2 Å². The van der Waals surface area contributed by atoms with Gasteiger partial charge in [0.25, 0.3) is 5.69 Å². The van der Waals surface area contributed by atoms with Crippen LogP contribution >= 0.6 is 15.9 Å². The van der Waals surface area contributed by atoms with Gasteiger partial charge in [-0.25, -0.2) is 0 Å². The van der Waals surface area contributed by atoms with Gasteiger partial charge in [-0.05, 0) is 73.7 Å². The number of anilines is 2. The van der Waals surface area contributed by atoms with Crippen molar-refractivity contribution in [2.24, 2.45) is 10.2 Å². The molecule has 2 aromatic carbocycles. The average molecular weight is 584 g/mol. The second-order valence-electron chi connectivity index (χ2n) is 8.67. The van der Waals surface area contributed by atoms with Crippen LogP contribution in [0.2, 0.25) is 0 Å². The zero-order chi connectivity index (χ0) is 27.9. The molecule has 0 aliphatic carbocycles. The number of non-ortho nitro benzene ring substituents is 1. The Morgan fingerprint density at radius 2 is 1.82 bits per heavy atom. The van der Waals surface area contributed by atoms with Crippen LogP contribution in [0.5, 0.6) is 0 Å². The molecule has 0 unspecified atom stereocenters. The van der Waals surface area contributed by atoms with Crippen LogP contribution in [0.15, 0.2) is 57.2 Å². The molecule has 0 aromatic heterocycles. The first kappa shape index (κ1) is 30.6. The molecule has 1 N–H and O–H groups in total. The number of nitro groups is 1. The van der Waals surface area contributed by atoms with Gasteiger partial charge in [-0.3, -0.25) is 14.9 Å². The van der Waals surface area contributed by atoms with Crippen LogP contribution in [0.4, 0.5) is 28.4 Å². The number of nitrogens with zero attached hydrogens (tertiary/aromatic N) is 5. The van der Waals surface area contributed by atoms with Crippen molar-refractivity contribution in [2.75, 3.05) is 23.3 Å². The molecule has 0 saturated carbocycles. The van der Waals surface area contributed by atoms with E-state index in [1.807, 2.05) is 18.2 Å². The molecule has 9 nitrogen and oxygen atoms in total. The van der Waals surface area contributed by atoms with Crippen LogP contribution in [0.1, 0.15) is 71.3 Å². The van der Waals surface area contributed by atoms with Gasteiger partial charge in [0.2, 0.25) is 5.91 Å². The van der Waals surface area contributed by atoms with Gasteiger partial charge >= 0.3 is 0 Å². The Balaban J connectivity index is 2.24. The molecule has 0 aliphatic rings. The fourth-order valence-electron chi connectivity index (χ4n) is 3.82. The molecule has 0 atom stereocenters. The summed E-state index contributed by atoms with van der Waals surface area (Å²) in [5.41, 5.74) is 1.83. The first-order valence-electron chi connectivity index (χ1n) is 13.0. The van der Waals surface area contributed by atoms with E-state index in [4.69, 9.17) is 0 Å². The number of benzene rings is 2. The number of carbonyl (C=O) groups excluding carboxylic acids is 1. The number of nitriles is 1. The molecule has 202 valence electrons. The molecule has 0 radical (unpaired) electrons. The molecule has 0 aliphatic heterocycles. The number of hydrogen-bond donors (Lipinski definition) is 1. The highest BCUT2D eigenvalue weighted by Crippen LogP contribution is 2.37. The van der Waals surface area contributed by atoms with E-state index in [1.54, 1.807) is 6.07 Å². The lowest BCUT2D eigenvalue weighted by atomic mass is 10.1. The molecule has 0 spiro atoms. The second kappa shape index (κ2) is 16.3. The summed E-state index contributed by atoms with van der Waals surface area (Å²) in [5, 5.41) is 32.1. The Bertz CT molecular complexity index is 1200. The molecule has 1 amide bonds. The number of nitro benzene ring substituents is 1. The van der Waals surface area contributed by atoms with Gasteiger partial charge in [0.15, 0.2) is 0 Å². The van der Waals surface area contributed by atoms with Crippen LogP contribution in [0.3, 0.4) is 0 Å². The van der Waals surface area contributed by atoms with Crippen molar-refractivity contribution < 1.29 is 9.72 Å². The fourth-order valence-corrected chi connectivity index (χ4v) is 4.35. The topological polar surface area (TPSA) is 124 Å². The molecular formula is C28H35BrN6O3. The van der Waals surface area contributed by atoms with Gasteiger partial charge in [0.05, 0.1) is 20.6 Å². The summed E-state index contributed by atoms with van der Waals surface area (Å²) >= 11 is 3.26. The summed E-state index contributed by atoms with van der Waals surface area (Å²) in [7, 11) is 0. The SMILES string of the molecule is CCCCC/C=C/CCCC(=O)Nc1cc(N(CC)CC)ccc1N=Nc1c(Br)cc([N+](=O)[O-])cc1C#N. The van der Waals surface area contributed by atoms with Gasteiger partial charge in [0.1, 0.15) is 17.4 Å². The van der Waals surface area contributed by atoms with E-state index < -0.39 is 4.92 Å². The Labute approximate surface area is 232 Å². The van der Waals surface area contributed by atoms with Crippen molar-refractivity contribution in [3.8, 4) is 6.07 Å². The minimum absolute atomic E-state index is 0.0166. The number of nitrogens with one attached hydrogen (secondary N) is 1. The first-order valence-corrected chi connectivity index (χ1v) is 13.8. The van der Waals surface area contributed by atoms with Gasteiger partial charge in [-0.1, -0.05) is 31.9 Å². The zero-order valence-electron chi connectivity index (χ0n) is 22.2. The number of hydrogen-bond acceptors (Lipinski definition) is 7. The average Bonchev–Trinajstić information content (AvgIpc) is 2.90. The number of allylic oxidation sites excluding steroid dienone is 2. The predicted molar refractivity (Wildman–Crippen MR) is 155 cm³/mol. The smallest absolute Gasteiger partial charge is 0.272 e. The lowest BCUT2D eigenvalue weighted by Gasteiger charge is -2.22. The van der Waals surface area contributed by atoms with Gasteiger partial charge in [-0.15, -0.1) is 10.2 Å². The molecule has 0 saturated heterocycles. The molecule has 0 fully saturated rings. The highest BCUT2D eigenvalue weighted by Gasteiger charge is 2.16. The van der Waals surface area contributed by atoms with Crippen molar-refractivity contribution >= 4 is 50.3 Å². The highest BCUT2D eigenvalue weighted by molar-refractivity contribution is 9.10. The van der Waals surface area contributed by atoms with E-state index in [2.05, 4.69) is 69.3 Å². The number of carbonyl (C=O) groups is 1. The number of azo groups is 1. The van der Waals surface area contributed by atoms with Crippen molar-refractivity contribution in [3.05, 3.63) is 62.6 Å². The summed E-state index contributed by atoms with van der Waals surface area (Å²) in [5.74, 6) is -0.119. The third-order valence-electron chi connectivity index (χ3n) is 5.94. The van der Waals surface area contributed by atoms with E-state index in [0.717, 1.165) is 44.1 Å². The Morgan fingerprint density at radius 3 is 2.45 bits per heavy atom. The van der Waals surface area contributed by atoms with Gasteiger partial charge < -0.3 is 10.2 Å². The van der Waals surface area contributed by atoms with Crippen molar-refractivity contribution in [2.45, 2.75) is 65.7 Å².